The Balaban J connectivity index is 3.09. The number of carboxylic acids is 1. The fourth-order valence-corrected chi connectivity index (χ4v) is 3.23. The summed E-state index contributed by atoms with van der Waals surface area (Å²) in [5, 5.41) is 9.82. The first-order chi connectivity index (χ1) is 16.0. The van der Waals surface area contributed by atoms with Crippen molar-refractivity contribution in [2.75, 3.05) is 13.1 Å². The van der Waals surface area contributed by atoms with Crippen LogP contribution in [-0.2, 0) is 20.8 Å². The SMILES string of the molecule is NC(N)=NCCC[C@H](N)C(=O)N(C(=O)[C@@H](N)Cc1ccccc1)[C@@H](CCCN=C(N)N)C(=O)O. The topological polar surface area (TPSA) is 256 Å². The normalized spacial score (nSPS) is 13.2. The minimum Gasteiger partial charge on any atom is -0.480 e. The lowest BCUT2D eigenvalue weighted by Crippen LogP contribution is -2.58. The van der Waals surface area contributed by atoms with Gasteiger partial charge < -0.3 is 39.5 Å². The quantitative estimate of drug-likeness (QED) is 0.0863. The van der Waals surface area contributed by atoms with Gasteiger partial charge in [0.2, 0.25) is 11.8 Å². The van der Waals surface area contributed by atoms with Crippen LogP contribution in [0.3, 0.4) is 0 Å². The Morgan fingerprint density at radius 3 is 1.82 bits per heavy atom. The number of imide groups is 1. The van der Waals surface area contributed by atoms with Crippen LogP contribution < -0.4 is 34.4 Å². The van der Waals surface area contributed by atoms with Crippen molar-refractivity contribution in [1.82, 2.24) is 4.90 Å². The Hall–Kier alpha value is -3.71. The van der Waals surface area contributed by atoms with Gasteiger partial charge in [-0.05, 0) is 37.7 Å². The summed E-state index contributed by atoms with van der Waals surface area (Å²) in [5.74, 6) is -3.29. The highest BCUT2D eigenvalue weighted by Crippen LogP contribution is 2.15. The number of amides is 2. The third-order valence-electron chi connectivity index (χ3n) is 4.90. The Morgan fingerprint density at radius 1 is 0.824 bits per heavy atom. The van der Waals surface area contributed by atoms with Crippen molar-refractivity contribution in [1.29, 1.82) is 0 Å². The number of carbonyl (C=O) groups excluding carboxylic acids is 2. The molecule has 13 nitrogen and oxygen atoms in total. The molecule has 0 saturated carbocycles. The summed E-state index contributed by atoms with van der Waals surface area (Å²) >= 11 is 0. The lowest BCUT2D eigenvalue weighted by Gasteiger charge is -2.31. The zero-order valence-electron chi connectivity index (χ0n) is 19.0. The molecule has 1 aromatic rings. The van der Waals surface area contributed by atoms with E-state index in [-0.39, 0.29) is 50.7 Å². The summed E-state index contributed by atoms with van der Waals surface area (Å²) in [6.45, 7) is 0.356. The van der Waals surface area contributed by atoms with Gasteiger partial charge in [-0.15, -0.1) is 0 Å². The molecular formula is C21H35N9O4. The average molecular weight is 478 g/mol. The first-order valence-electron chi connectivity index (χ1n) is 10.8. The number of aliphatic carboxylic acids is 1. The van der Waals surface area contributed by atoms with E-state index in [1.165, 1.54) is 0 Å². The van der Waals surface area contributed by atoms with E-state index in [1.807, 2.05) is 6.07 Å². The van der Waals surface area contributed by atoms with Gasteiger partial charge in [-0.1, -0.05) is 30.3 Å². The van der Waals surface area contributed by atoms with Crippen molar-refractivity contribution in [2.45, 2.75) is 50.2 Å². The first kappa shape index (κ1) is 28.3. The molecule has 34 heavy (non-hydrogen) atoms. The van der Waals surface area contributed by atoms with E-state index in [9.17, 15) is 19.5 Å². The van der Waals surface area contributed by atoms with Gasteiger partial charge in [0.05, 0.1) is 12.1 Å². The highest BCUT2D eigenvalue weighted by molar-refractivity contribution is 6.03. The number of nitrogens with two attached hydrogens (primary N) is 6. The lowest BCUT2D eigenvalue weighted by molar-refractivity contribution is -0.159. The van der Waals surface area contributed by atoms with Crippen LogP contribution in [-0.4, -0.2) is 70.9 Å². The molecule has 13 heteroatoms. The summed E-state index contributed by atoms with van der Waals surface area (Å²) in [4.78, 5) is 46.7. The van der Waals surface area contributed by atoms with Gasteiger partial charge >= 0.3 is 5.97 Å². The van der Waals surface area contributed by atoms with Gasteiger partial charge in [-0.25, -0.2) is 4.79 Å². The smallest absolute Gasteiger partial charge is 0.326 e. The monoisotopic (exact) mass is 477 g/mol. The van der Waals surface area contributed by atoms with E-state index in [1.54, 1.807) is 24.3 Å². The second-order valence-electron chi connectivity index (χ2n) is 7.70. The molecule has 0 aliphatic heterocycles. The van der Waals surface area contributed by atoms with Crippen LogP contribution in [0.15, 0.2) is 40.3 Å². The second kappa shape index (κ2) is 14.4. The molecule has 0 aliphatic carbocycles. The summed E-state index contributed by atoms with van der Waals surface area (Å²) < 4.78 is 0. The van der Waals surface area contributed by atoms with Crippen molar-refractivity contribution in [3.8, 4) is 0 Å². The zero-order valence-corrected chi connectivity index (χ0v) is 19.0. The van der Waals surface area contributed by atoms with Crippen LogP contribution in [0.2, 0.25) is 0 Å². The van der Waals surface area contributed by atoms with Crippen LogP contribution in [0.5, 0.6) is 0 Å². The average Bonchev–Trinajstić information content (AvgIpc) is 2.78. The van der Waals surface area contributed by atoms with E-state index in [0.29, 0.717) is 11.3 Å². The van der Waals surface area contributed by atoms with Crippen LogP contribution in [0.4, 0.5) is 0 Å². The van der Waals surface area contributed by atoms with E-state index in [0.717, 1.165) is 5.56 Å². The van der Waals surface area contributed by atoms with Gasteiger partial charge in [-0.2, -0.15) is 0 Å². The van der Waals surface area contributed by atoms with Crippen LogP contribution in [0.1, 0.15) is 31.2 Å². The third-order valence-corrected chi connectivity index (χ3v) is 4.90. The number of carbonyl (C=O) groups is 3. The first-order valence-corrected chi connectivity index (χ1v) is 10.8. The van der Waals surface area contributed by atoms with Crippen molar-refractivity contribution in [3.05, 3.63) is 35.9 Å². The standard InChI is InChI=1S/C21H35N9O4/c22-14(8-4-10-28-20(24)25)17(31)30(16(19(33)34)9-5-11-29-21(26)27)18(32)15(23)12-13-6-2-1-3-7-13/h1-3,6-7,14-16H,4-5,8-12,22-23H2,(H,33,34)(H4,24,25,28)(H4,26,27,29)/t14-,15-,16-/m0/s1. The molecule has 0 saturated heterocycles. The largest absolute Gasteiger partial charge is 0.480 e. The van der Waals surface area contributed by atoms with Gasteiger partial charge in [0.15, 0.2) is 11.9 Å². The molecule has 188 valence electrons. The number of hydrogen-bond donors (Lipinski definition) is 7. The highest BCUT2D eigenvalue weighted by atomic mass is 16.4. The summed E-state index contributed by atoms with van der Waals surface area (Å²) in [7, 11) is 0. The van der Waals surface area contributed by atoms with Gasteiger partial charge in [0.1, 0.15) is 6.04 Å². The molecule has 2 amide bonds. The van der Waals surface area contributed by atoms with Gasteiger partial charge in [0.25, 0.3) is 0 Å². The summed E-state index contributed by atoms with van der Waals surface area (Å²) in [6.07, 6.45) is 0.726. The van der Waals surface area contributed by atoms with E-state index >= 15 is 0 Å². The molecule has 1 aromatic carbocycles. The van der Waals surface area contributed by atoms with Gasteiger partial charge in [-0.3, -0.25) is 24.5 Å². The minimum absolute atomic E-state index is 0.0810. The number of carboxylic acid groups (broad SMARTS) is 1. The molecule has 0 aromatic heterocycles. The molecule has 0 unspecified atom stereocenters. The Labute approximate surface area is 198 Å². The summed E-state index contributed by atoms with van der Waals surface area (Å²) in [6, 6.07) is 5.14. The molecule has 13 N–H and O–H groups in total. The van der Waals surface area contributed by atoms with Crippen LogP contribution in [0, 0.1) is 0 Å². The fraction of sp³-hybridized carbons (Fsp3) is 0.476. The number of nitrogens with zero attached hydrogens (tertiary/aromatic N) is 3. The Bertz CT molecular complexity index is 868. The van der Waals surface area contributed by atoms with Crippen LogP contribution in [0.25, 0.3) is 0 Å². The van der Waals surface area contributed by atoms with E-state index in [4.69, 9.17) is 34.4 Å². The molecule has 0 radical (unpaired) electrons. The van der Waals surface area contributed by atoms with Crippen LogP contribution >= 0.6 is 0 Å². The van der Waals surface area contributed by atoms with Gasteiger partial charge in [0, 0.05) is 13.1 Å². The molecular weight excluding hydrogens is 442 g/mol. The maximum Gasteiger partial charge on any atom is 0.326 e. The van der Waals surface area contributed by atoms with Crippen molar-refractivity contribution in [3.63, 3.8) is 0 Å². The maximum atomic E-state index is 13.2. The van der Waals surface area contributed by atoms with E-state index in [2.05, 4.69) is 9.98 Å². The molecule has 3 atom stereocenters. The highest BCUT2D eigenvalue weighted by Gasteiger charge is 2.38. The fourth-order valence-electron chi connectivity index (χ4n) is 3.23. The molecule has 1 rings (SSSR count). The Kier molecular flexibility index (Phi) is 12.0. The predicted molar refractivity (Wildman–Crippen MR) is 129 cm³/mol. The third kappa shape index (κ3) is 9.83. The van der Waals surface area contributed by atoms with Crippen molar-refractivity contribution in [2.24, 2.45) is 44.4 Å². The molecule has 0 heterocycles. The molecule has 0 aliphatic rings. The van der Waals surface area contributed by atoms with Crippen molar-refractivity contribution < 1.29 is 19.5 Å². The predicted octanol–water partition coefficient (Wildman–Crippen LogP) is -2.20. The number of rotatable bonds is 14. The number of hydrogen-bond acceptors (Lipinski definition) is 7. The Morgan fingerprint density at radius 2 is 1.32 bits per heavy atom. The number of benzene rings is 1. The zero-order chi connectivity index (χ0) is 25.7. The van der Waals surface area contributed by atoms with Crippen molar-refractivity contribution >= 4 is 29.7 Å². The lowest BCUT2D eigenvalue weighted by atomic mass is 10.0. The molecule has 0 spiro atoms. The summed E-state index contributed by atoms with van der Waals surface area (Å²) in [5.41, 5.74) is 34.0. The second-order valence-corrected chi connectivity index (χ2v) is 7.70. The number of guanidine groups is 2. The minimum atomic E-state index is -1.49. The molecule has 0 bridgehead atoms. The number of aliphatic imine (C=N–C) groups is 2. The van der Waals surface area contributed by atoms with E-state index < -0.39 is 35.9 Å². The molecule has 0 fully saturated rings. The maximum absolute atomic E-state index is 13.2.